The third-order valence-corrected chi connectivity index (χ3v) is 5.10. The average molecular weight is 276 g/mol. The van der Waals surface area contributed by atoms with Gasteiger partial charge in [0.2, 0.25) is 0 Å². The van der Waals surface area contributed by atoms with E-state index in [9.17, 15) is 0 Å². The quantitative estimate of drug-likeness (QED) is 0.732. The maximum atomic E-state index is 5.29. The summed E-state index contributed by atoms with van der Waals surface area (Å²) in [5.41, 5.74) is 0. The number of ether oxygens (including phenoxy) is 1. The third-order valence-electron chi connectivity index (χ3n) is 3.89. The molecule has 2 nitrogen and oxygen atoms in total. The summed E-state index contributed by atoms with van der Waals surface area (Å²) in [5.74, 6) is 0.877. The molecule has 0 aromatic heterocycles. The highest BCUT2D eigenvalue weighted by Crippen LogP contribution is 2.33. The van der Waals surface area contributed by atoms with Gasteiger partial charge in [-0.25, -0.2) is 0 Å². The molecule has 15 heavy (non-hydrogen) atoms. The van der Waals surface area contributed by atoms with Crippen molar-refractivity contribution in [3.05, 3.63) is 0 Å². The lowest BCUT2D eigenvalue weighted by Crippen LogP contribution is -2.37. The van der Waals surface area contributed by atoms with Gasteiger partial charge in [-0.1, -0.05) is 22.4 Å². The Labute approximate surface area is 101 Å². The van der Waals surface area contributed by atoms with E-state index in [-0.39, 0.29) is 0 Å². The lowest BCUT2D eigenvalue weighted by Gasteiger charge is -2.28. The molecular weight excluding hydrogens is 254 g/mol. The first-order chi connectivity index (χ1) is 7.31. The van der Waals surface area contributed by atoms with Crippen molar-refractivity contribution in [2.45, 2.75) is 43.0 Å². The van der Waals surface area contributed by atoms with Crippen molar-refractivity contribution in [2.75, 3.05) is 26.8 Å². The summed E-state index contributed by atoms with van der Waals surface area (Å²) in [7, 11) is 1.82. The minimum atomic E-state index is 0.690. The van der Waals surface area contributed by atoms with E-state index >= 15 is 0 Å². The molecule has 3 atom stereocenters. The highest BCUT2D eigenvalue weighted by atomic mass is 79.9. The zero-order valence-electron chi connectivity index (χ0n) is 9.62. The average Bonchev–Trinajstić information content (AvgIpc) is 2.80. The highest BCUT2D eigenvalue weighted by Gasteiger charge is 2.31. The van der Waals surface area contributed by atoms with Gasteiger partial charge in [0.15, 0.2) is 0 Å². The fourth-order valence-electron chi connectivity index (χ4n) is 3.02. The van der Waals surface area contributed by atoms with E-state index in [4.69, 9.17) is 4.74 Å². The summed E-state index contributed by atoms with van der Waals surface area (Å²) >= 11 is 3.81. The lowest BCUT2D eigenvalue weighted by atomic mass is 10.1. The molecule has 0 spiro atoms. The molecular formula is C12H22BrNO. The van der Waals surface area contributed by atoms with Crippen LogP contribution in [0, 0.1) is 5.92 Å². The molecule has 1 heterocycles. The second kappa shape index (κ2) is 5.65. The Morgan fingerprint density at radius 2 is 2.13 bits per heavy atom. The number of likely N-dealkylation sites (tertiary alicyclic amines) is 1. The molecule has 1 aliphatic heterocycles. The number of nitrogens with zero attached hydrogens (tertiary/aromatic N) is 1. The van der Waals surface area contributed by atoms with Crippen LogP contribution in [0.5, 0.6) is 0 Å². The van der Waals surface area contributed by atoms with E-state index in [0.717, 1.165) is 17.4 Å². The van der Waals surface area contributed by atoms with Gasteiger partial charge in [0.1, 0.15) is 0 Å². The van der Waals surface area contributed by atoms with Crippen LogP contribution >= 0.6 is 15.9 Å². The van der Waals surface area contributed by atoms with Crippen LogP contribution in [0.2, 0.25) is 0 Å². The molecule has 0 radical (unpaired) electrons. The van der Waals surface area contributed by atoms with Crippen molar-refractivity contribution in [1.82, 2.24) is 4.90 Å². The number of hydrogen-bond donors (Lipinski definition) is 0. The second-order valence-corrected chi connectivity index (χ2v) is 6.13. The van der Waals surface area contributed by atoms with Crippen molar-refractivity contribution in [2.24, 2.45) is 5.92 Å². The fraction of sp³-hybridized carbons (Fsp3) is 1.00. The number of alkyl halides is 1. The summed E-state index contributed by atoms with van der Waals surface area (Å²) in [4.78, 5) is 3.41. The predicted molar refractivity (Wildman–Crippen MR) is 66.5 cm³/mol. The molecule has 0 N–H and O–H groups in total. The first-order valence-corrected chi connectivity index (χ1v) is 7.10. The zero-order valence-corrected chi connectivity index (χ0v) is 11.2. The van der Waals surface area contributed by atoms with Crippen LogP contribution in [0.4, 0.5) is 0 Å². The largest absolute Gasteiger partial charge is 0.383 e. The van der Waals surface area contributed by atoms with Crippen molar-refractivity contribution < 1.29 is 4.74 Å². The van der Waals surface area contributed by atoms with Gasteiger partial charge in [-0.3, -0.25) is 4.90 Å². The lowest BCUT2D eigenvalue weighted by molar-refractivity contribution is 0.106. The molecule has 2 unspecified atom stereocenters. The molecule has 0 aromatic rings. The Bertz CT molecular complexity index is 200. The molecule has 88 valence electrons. The molecule has 2 rings (SSSR count). The maximum Gasteiger partial charge on any atom is 0.0618 e. The van der Waals surface area contributed by atoms with Crippen LogP contribution in [0.3, 0.4) is 0 Å². The number of halogens is 1. The van der Waals surface area contributed by atoms with Gasteiger partial charge in [0.05, 0.1) is 6.61 Å². The van der Waals surface area contributed by atoms with Crippen LogP contribution in [0.15, 0.2) is 0 Å². The van der Waals surface area contributed by atoms with Crippen LogP contribution in [0.25, 0.3) is 0 Å². The van der Waals surface area contributed by atoms with Gasteiger partial charge in [-0.05, 0) is 38.1 Å². The van der Waals surface area contributed by atoms with Gasteiger partial charge >= 0.3 is 0 Å². The van der Waals surface area contributed by atoms with Gasteiger partial charge in [-0.15, -0.1) is 0 Å². The summed E-state index contributed by atoms with van der Waals surface area (Å²) in [5, 5.41) is 0. The molecule has 1 aliphatic carbocycles. The van der Waals surface area contributed by atoms with E-state index in [1.807, 2.05) is 7.11 Å². The SMILES string of the molecule is COC[C@@H]1CCCN1CC1CCCC1Br. The molecule has 0 amide bonds. The second-order valence-electron chi connectivity index (χ2n) is 4.95. The van der Waals surface area contributed by atoms with Crippen molar-refractivity contribution in [1.29, 1.82) is 0 Å². The Kier molecular flexibility index (Phi) is 4.47. The molecule has 2 fully saturated rings. The molecule has 0 aromatic carbocycles. The van der Waals surface area contributed by atoms with Gasteiger partial charge in [0, 0.05) is 24.5 Å². The predicted octanol–water partition coefficient (Wildman–Crippen LogP) is 2.66. The number of hydrogen-bond acceptors (Lipinski definition) is 2. The first kappa shape index (κ1) is 11.9. The first-order valence-electron chi connectivity index (χ1n) is 6.18. The van der Waals surface area contributed by atoms with Crippen LogP contribution in [-0.2, 0) is 4.74 Å². The summed E-state index contributed by atoms with van der Waals surface area (Å²) in [6, 6.07) is 0.690. The van der Waals surface area contributed by atoms with Crippen molar-refractivity contribution in [3.8, 4) is 0 Å². The van der Waals surface area contributed by atoms with Crippen molar-refractivity contribution >= 4 is 15.9 Å². The standard InChI is InChI=1S/C12H22BrNO/c1-15-9-11-5-3-7-14(11)8-10-4-2-6-12(10)13/h10-12H,2-9H2,1H3/t10?,11-,12?/m0/s1. The minimum absolute atomic E-state index is 0.690. The fourth-order valence-corrected chi connectivity index (χ4v) is 3.77. The van der Waals surface area contributed by atoms with Gasteiger partial charge < -0.3 is 4.74 Å². The topological polar surface area (TPSA) is 12.5 Å². The Morgan fingerprint density at radius 3 is 2.80 bits per heavy atom. The highest BCUT2D eigenvalue weighted by molar-refractivity contribution is 9.09. The molecule has 1 saturated carbocycles. The Balaban J connectivity index is 1.82. The summed E-state index contributed by atoms with van der Waals surface area (Å²) in [6.07, 6.45) is 6.87. The van der Waals surface area contributed by atoms with Gasteiger partial charge in [-0.2, -0.15) is 0 Å². The van der Waals surface area contributed by atoms with Gasteiger partial charge in [0.25, 0.3) is 0 Å². The maximum absolute atomic E-state index is 5.29. The smallest absolute Gasteiger partial charge is 0.0618 e. The van der Waals surface area contributed by atoms with E-state index in [1.165, 1.54) is 45.2 Å². The van der Waals surface area contributed by atoms with Crippen LogP contribution in [0.1, 0.15) is 32.1 Å². The minimum Gasteiger partial charge on any atom is -0.383 e. The van der Waals surface area contributed by atoms with Crippen LogP contribution < -0.4 is 0 Å². The van der Waals surface area contributed by atoms with Crippen molar-refractivity contribution in [3.63, 3.8) is 0 Å². The van der Waals surface area contributed by atoms with E-state index in [1.54, 1.807) is 0 Å². The molecule has 0 bridgehead atoms. The molecule has 1 saturated heterocycles. The van der Waals surface area contributed by atoms with E-state index in [0.29, 0.717) is 6.04 Å². The number of rotatable bonds is 4. The van der Waals surface area contributed by atoms with E-state index in [2.05, 4.69) is 20.8 Å². The monoisotopic (exact) mass is 275 g/mol. The molecule has 2 aliphatic rings. The van der Waals surface area contributed by atoms with Crippen LogP contribution in [-0.4, -0.2) is 42.6 Å². The van der Waals surface area contributed by atoms with E-state index < -0.39 is 0 Å². The molecule has 3 heteroatoms. The normalized spacial score (nSPS) is 37.6. The zero-order chi connectivity index (χ0) is 10.7. The third kappa shape index (κ3) is 2.95. The summed E-state index contributed by atoms with van der Waals surface area (Å²) < 4.78 is 5.29. The Hall–Kier alpha value is 0.400. The number of methoxy groups -OCH3 is 1. The Morgan fingerprint density at radius 1 is 1.27 bits per heavy atom. The summed E-state index contributed by atoms with van der Waals surface area (Å²) in [6.45, 7) is 3.48.